The van der Waals surface area contributed by atoms with E-state index in [2.05, 4.69) is 4.99 Å². The number of alkyl halides is 3. The molecule has 0 saturated heterocycles. The van der Waals surface area contributed by atoms with Crippen LogP contribution in [0.2, 0.25) is 0 Å². The van der Waals surface area contributed by atoms with Crippen LogP contribution in [0, 0.1) is 0 Å². The van der Waals surface area contributed by atoms with Gasteiger partial charge in [-0.2, -0.15) is 13.2 Å². The molecular formula is C7H13F3N2. The van der Waals surface area contributed by atoms with Gasteiger partial charge in [-0.15, -0.1) is 0 Å². The fourth-order valence-electron chi connectivity index (χ4n) is 0.783. The van der Waals surface area contributed by atoms with Crippen LogP contribution in [0.25, 0.3) is 0 Å². The molecule has 0 unspecified atom stereocenters. The third-order valence-electron chi connectivity index (χ3n) is 1.42. The first-order valence-electron chi connectivity index (χ1n) is 3.78. The van der Waals surface area contributed by atoms with E-state index >= 15 is 0 Å². The molecule has 0 aromatic rings. The molecule has 0 atom stereocenters. The molecule has 0 aliphatic carbocycles. The molecule has 0 fully saturated rings. The molecule has 0 amide bonds. The monoisotopic (exact) mass is 182 g/mol. The predicted molar refractivity (Wildman–Crippen MR) is 42.1 cm³/mol. The van der Waals surface area contributed by atoms with E-state index in [0.29, 0.717) is 12.1 Å². The van der Waals surface area contributed by atoms with E-state index in [9.17, 15) is 13.2 Å². The molecule has 0 bridgehead atoms. The van der Waals surface area contributed by atoms with Crippen molar-refractivity contribution in [2.45, 2.75) is 32.4 Å². The van der Waals surface area contributed by atoms with Gasteiger partial charge in [0.1, 0.15) is 0 Å². The van der Waals surface area contributed by atoms with E-state index < -0.39 is 12.6 Å². The number of halogens is 3. The van der Waals surface area contributed by atoms with Crippen molar-refractivity contribution < 1.29 is 13.2 Å². The average molecular weight is 182 g/mol. The molecule has 0 aliphatic rings. The van der Waals surface area contributed by atoms with E-state index in [4.69, 9.17) is 5.73 Å². The number of nitrogens with two attached hydrogens (primary N) is 1. The molecule has 0 rings (SSSR count). The Balaban J connectivity index is 3.81. The van der Waals surface area contributed by atoms with Gasteiger partial charge < -0.3 is 5.73 Å². The minimum atomic E-state index is -4.09. The van der Waals surface area contributed by atoms with Gasteiger partial charge in [-0.1, -0.05) is 6.92 Å². The molecule has 0 saturated carbocycles. The predicted octanol–water partition coefficient (Wildman–Crippen LogP) is 2.10. The van der Waals surface area contributed by atoms with Gasteiger partial charge in [0.2, 0.25) is 0 Å². The summed E-state index contributed by atoms with van der Waals surface area (Å²) in [7, 11) is 0. The van der Waals surface area contributed by atoms with Gasteiger partial charge in [0.25, 0.3) is 0 Å². The smallest absolute Gasteiger partial charge is 0.312 e. The standard InChI is InChI=1S/C7H13F3N2/c1-2-6(12-5-11)3-4-7(8,9)10/h2-5,11H2,1H3/b12-6+. The Morgan fingerprint density at radius 2 is 2.00 bits per heavy atom. The van der Waals surface area contributed by atoms with Crippen LogP contribution in [0.15, 0.2) is 4.99 Å². The van der Waals surface area contributed by atoms with Crippen molar-refractivity contribution in [3.05, 3.63) is 0 Å². The zero-order valence-corrected chi connectivity index (χ0v) is 6.99. The molecule has 0 radical (unpaired) electrons. The molecule has 2 N–H and O–H groups in total. The van der Waals surface area contributed by atoms with Crippen molar-refractivity contribution in [2.24, 2.45) is 10.7 Å². The van der Waals surface area contributed by atoms with E-state index in [1.807, 2.05) is 0 Å². The average Bonchev–Trinajstić information content (AvgIpc) is 1.96. The summed E-state index contributed by atoms with van der Waals surface area (Å²) in [5, 5.41) is 0. The molecule has 0 heterocycles. The summed E-state index contributed by atoms with van der Waals surface area (Å²) in [6.07, 6.45) is -4.39. The molecule has 12 heavy (non-hydrogen) atoms. The SMILES string of the molecule is CC/C(CCC(F)(F)F)=N\CN. The second-order valence-electron chi connectivity index (χ2n) is 2.38. The third kappa shape index (κ3) is 6.15. The normalized spacial score (nSPS) is 13.6. The summed E-state index contributed by atoms with van der Waals surface area (Å²) < 4.78 is 35.1. The van der Waals surface area contributed by atoms with Crippen LogP contribution in [-0.2, 0) is 0 Å². The molecule has 72 valence electrons. The van der Waals surface area contributed by atoms with Crippen molar-refractivity contribution in [3.63, 3.8) is 0 Å². The van der Waals surface area contributed by atoms with Crippen molar-refractivity contribution in [2.75, 3.05) is 6.67 Å². The highest BCUT2D eigenvalue weighted by atomic mass is 19.4. The fourth-order valence-corrected chi connectivity index (χ4v) is 0.783. The van der Waals surface area contributed by atoms with E-state index in [1.165, 1.54) is 0 Å². The highest BCUT2D eigenvalue weighted by Gasteiger charge is 2.26. The van der Waals surface area contributed by atoms with Crippen LogP contribution in [0.5, 0.6) is 0 Å². The van der Waals surface area contributed by atoms with Crippen LogP contribution in [0.4, 0.5) is 13.2 Å². The quantitative estimate of drug-likeness (QED) is 0.664. The van der Waals surface area contributed by atoms with Crippen molar-refractivity contribution in [3.8, 4) is 0 Å². The second kappa shape index (κ2) is 5.13. The van der Waals surface area contributed by atoms with E-state index in [1.54, 1.807) is 6.92 Å². The number of aliphatic imine (C=N–C) groups is 1. The lowest BCUT2D eigenvalue weighted by atomic mass is 10.1. The maximum absolute atomic E-state index is 11.7. The van der Waals surface area contributed by atoms with Gasteiger partial charge in [-0.25, -0.2) is 0 Å². The molecule has 0 spiro atoms. The summed E-state index contributed by atoms with van der Waals surface area (Å²) in [4.78, 5) is 3.74. The van der Waals surface area contributed by atoms with Gasteiger partial charge in [0, 0.05) is 12.1 Å². The Morgan fingerprint density at radius 3 is 2.33 bits per heavy atom. The summed E-state index contributed by atoms with van der Waals surface area (Å²) in [6.45, 7) is 1.84. The van der Waals surface area contributed by atoms with Crippen LogP contribution < -0.4 is 5.73 Å². The first-order valence-corrected chi connectivity index (χ1v) is 3.78. The van der Waals surface area contributed by atoms with Gasteiger partial charge in [0.15, 0.2) is 0 Å². The molecule has 2 nitrogen and oxygen atoms in total. The zero-order valence-electron chi connectivity index (χ0n) is 6.99. The highest BCUT2D eigenvalue weighted by Crippen LogP contribution is 2.21. The minimum absolute atomic E-state index is 0.0306. The Hall–Kier alpha value is -0.580. The van der Waals surface area contributed by atoms with E-state index in [-0.39, 0.29) is 13.1 Å². The van der Waals surface area contributed by atoms with Crippen LogP contribution in [-0.4, -0.2) is 18.6 Å². The van der Waals surface area contributed by atoms with Gasteiger partial charge in [-0.05, 0) is 12.8 Å². The second-order valence-corrected chi connectivity index (χ2v) is 2.38. The largest absolute Gasteiger partial charge is 0.389 e. The van der Waals surface area contributed by atoms with Gasteiger partial charge >= 0.3 is 6.18 Å². The molecule has 0 aromatic heterocycles. The number of rotatable bonds is 4. The van der Waals surface area contributed by atoms with Crippen LogP contribution >= 0.6 is 0 Å². The Bertz CT molecular complexity index is 151. The first-order chi connectivity index (χ1) is 5.49. The summed E-state index contributed by atoms with van der Waals surface area (Å²) in [5.41, 5.74) is 5.61. The summed E-state index contributed by atoms with van der Waals surface area (Å²) >= 11 is 0. The molecular weight excluding hydrogens is 169 g/mol. The lowest BCUT2D eigenvalue weighted by molar-refractivity contribution is -0.132. The van der Waals surface area contributed by atoms with Gasteiger partial charge in [0.05, 0.1) is 6.67 Å². The topological polar surface area (TPSA) is 38.4 Å². The lowest BCUT2D eigenvalue weighted by Gasteiger charge is -2.06. The Labute approximate surface area is 69.7 Å². The fraction of sp³-hybridized carbons (Fsp3) is 0.857. The maximum atomic E-state index is 11.7. The maximum Gasteiger partial charge on any atom is 0.389 e. The molecule has 0 aromatic carbocycles. The van der Waals surface area contributed by atoms with Crippen molar-refractivity contribution >= 4 is 5.71 Å². The summed E-state index contributed by atoms with van der Waals surface area (Å²) in [6, 6.07) is 0. The number of nitrogens with zero attached hydrogens (tertiary/aromatic N) is 1. The number of hydrogen-bond acceptors (Lipinski definition) is 2. The van der Waals surface area contributed by atoms with Crippen LogP contribution in [0.3, 0.4) is 0 Å². The summed E-state index contributed by atoms with van der Waals surface area (Å²) in [5.74, 6) is 0. The first kappa shape index (κ1) is 11.4. The van der Waals surface area contributed by atoms with Crippen molar-refractivity contribution in [1.29, 1.82) is 0 Å². The molecule has 5 heteroatoms. The van der Waals surface area contributed by atoms with Crippen LogP contribution in [0.1, 0.15) is 26.2 Å². The Kier molecular flexibility index (Phi) is 4.89. The minimum Gasteiger partial charge on any atom is -0.312 e. The third-order valence-corrected chi connectivity index (χ3v) is 1.42. The molecule has 0 aliphatic heterocycles. The van der Waals surface area contributed by atoms with Crippen molar-refractivity contribution in [1.82, 2.24) is 0 Å². The number of hydrogen-bond donors (Lipinski definition) is 1. The van der Waals surface area contributed by atoms with E-state index in [0.717, 1.165) is 0 Å². The zero-order chi connectivity index (χ0) is 9.61. The van der Waals surface area contributed by atoms with Gasteiger partial charge in [-0.3, -0.25) is 4.99 Å². The highest BCUT2D eigenvalue weighted by molar-refractivity contribution is 5.84. The lowest BCUT2D eigenvalue weighted by Crippen LogP contribution is -2.11. The Morgan fingerprint density at radius 1 is 1.42 bits per heavy atom.